The van der Waals surface area contributed by atoms with Gasteiger partial charge in [0.05, 0.1) is 6.04 Å². The molecule has 20 heavy (non-hydrogen) atoms. The molecule has 3 N–H and O–H groups in total. The van der Waals surface area contributed by atoms with E-state index in [4.69, 9.17) is 5.73 Å². The lowest BCUT2D eigenvalue weighted by Crippen LogP contribution is -2.45. The minimum atomic E-state index is -0.449. The van der Waals surface area contributed by atoms with Crippen LogP contribution < -0.4 is 11.1 Å². The largest absolute Gasteiger partial charge is 0.354 e. The Balaban J connectivity index is 1.88. The maximum absolute atomic E-state index is 11.9. The second-order valence-corrected chi connectivity index (χ2v) is 5.00. The van der Waals surface area contributed by atoms with Crippen LogP contribution in [-0.4, -0.2) is 33.1 Å². The predicted octanol–water partition coefficient (Wildman–Crippen LogP) is 0.761. The average Bonchev–Trinajstić information content (AvgIpc) is 2.89. The van der Waals surface area contributed by atoms with Gasteiger partial charge in [0.2, 0.25) is 5.91 Å². The summed E-state index contributed by atoms with van der Waals surface area (Å²) in [6.45, 7) is 4.52. The Hall–Kier alpha value is -1.95. The molecule has 6 nitrogen and oxygen atoms in total. The van der Waals surface area contributed by atoms with Crippen molar-refractivity contribution in [2.24, 2.45) is 11.7 Å². The smallest absolute Gasteiger partial charge is 0.237 e. The van der Waals surface area contributed by atoms with Crippen LogP contribution in [0.5, 0.6) is 0 Å². The summed E-state index contributed by atoms with van der Waals surface area (Å²) in [5, 5.41) is 11.0. The van der Waals surface area contributed by atoms with Gasteiger partial charge in [-0.05, 0) is 18.1 Å². The molecular formula is C14H21N5O. The number of nitrogens with two attached hydrogens (primary N) is 1. The van der Waals surface area contributed by atoms with Crippen molar-refractivity contribution < 1.29 is 4.79 Å². The third-order valence-electron chi connectivity index (χ3n) is 3.59. The zero-order chi connectivity index (χ0) is 14.5. The van der Waals surface area contributed by atoms with Crippen molar-refractivity contribution in [2.75, 3.05) is 6.54 Å². The number of fused-ring (bicyclic) bond motifs is 1. The molecule has 6 heteroatoms. The zero-order valence-electron chi connectivity index (χ0n) is 11.9. The number of carbonyl (C=O) groups excluding carboxylic acids is 1. The van der Waals surface area contributed by atoms with Crippen LogP contribution in [0, 0.1) is 5.92 Å². The van der Waals surface area contributed by atoms with E-state index in [0.29, 0.717) is 13.0 Å². The summed E-state index contributed by atoms with van der Waals surface area (Å²) >= 11 is 0. The van der Waals surface area contributed by atoms with Crippen LogP contribution >= 0.6 is 0 Å². The van der Waals surface area contributed by atoms with Crippen LogP contribution in [0.4, 0.5) is 0 Å². The molecule has 2 aromatic heterocycles. The Kier molecular flexibility index (Phi) is 4.68. The van der Waals surface area contributed by atoms with Gasteiger partial charge in [-0.15, -0.1) is 10.2 Å². The van der Waals surface area contributed by atoms with E-state index in [1.54, 1.807) is 0 Å². The fourth-order valence-electron chi connectivity index (χ4n) is 1.99. The molecule has 0 saturated heterocycles. The molecule has 108 valence electrons. The van der Waals surface area contributed by atoms with Crippen LogP contribution in [0.3, 0.4) is 0 Å². The molecule has 0 aliphatic heterocycles. The first-order valence-electron chi connectivity index (χ1n) is 6.95. The first-order valence-corrected chi connectivity index (χ1v) is 6.95. The van der Waals surface area contributed by atoms with Crippen LogP contribution in [0.2, 0.25) is 0 Å². The van der Waals surface area contributed by atoms with E-state index < -0.39 is 6.04 Å². The summed E-state index contributed by atoms with van der Waals surface area (Å²) in [5.41, 5.74) is 6.69. The van der Waals surface area contributed by atoms with Gasteiger partial charge in [0, 0.05) is 19.2 Å². The van der Waals surface area contributed by atoms with Gasteiger partial charge in [-0.25, -0.2) is 0 Å². The summed E-state index contributed by atoms with van der Waals surface area (Å²) < 4.78 is 1.92. The Bertz CT molecular complexity index is 580. The van der Waals surface area contributed by atoms with Crippen molar-refractivity contribution in [2.45, 2.75) is 32.7 Å². The molecule has 2 rings (SSSR count). The molecule has 1 amide bonds. The monoisotopic (exact) mass is 275 g/mol. The quantitative estimate of drug-likeness (QED) is 0.815. The highest BCUT2D eigenvalue weighted by Crippen LogP contribution is 2.05. The van der Waals surface area contributed by atoms with Crippen molar-refractivity contribution in [1.82, 2.24) is 19.9 Å². The number of pyridine rings is 1. The van der Waals surface area contributed by atoms with Gasteiger partial charge in [0.1, 0.15) is 5.82 Å². The van der Waals surface area contributed by atoms with Gasteiger partial charge >= 0.3 is 0 Å². The summed E-state index contributed by atoms with van der Waals surface area (Å²) in [5.74, 6) is 0.912. The number of carbonyl (C=O) groups is 1. The Morgan fingerprint density at radius 2 is 2.25 bits per heavy atom. The number of aromatic nitrogens is 3. The first-order chi connectivity index (χ1) is 9.63. The van der Waals surface area contributed by atoms with E-state index in [-0.39, 0.29) is 11.8 Å². The third-order valence-corrected chi connectivity index (χ3v) is 3.59. The van der Waals surface area contributed by atoms with Crippen LogP contribution in [0.25, 0.3) is 5.65 Å². The molecule has 2 aromatic rings. The van der Waals surface area contributed by atoms with Crippen LogP contribution in [-0.2, 0) is 11.2 Å². The Morgan fingerprint density at radius 1 is 1.45 bits per heavy atom. The molecule has 2 atom stereocenters. The van der Waals surface area contributed by atoms with Crippen LogP contribution in [0.15, 0.2) is 24.4 Å². The fraction of sp³-hybridized carbons (Fsp3) is 0.500. The predicted molar refractivity (Wildman–Crippen MR) is 77.1 cm³/mol. The molecular weight excluding hydrogens is 254 g/mol. The lowest BCUT2D eigenvalue weighted by Gasteiger charge is -2.17. The minimum Gasteiger partial charge on any atom is -0.354 e. The minimum absolute atomic E-state index is 0.104. The van der Waals surface area contributed by atoms with Crippen molar-refractivity contribution in [3.8, 4) is 0 Å². The summed E-state index contributed by atoms with van der Waals surface area (Å²) in [6, 6.07) is 5.29. The highest BCUT2D eigenvalue weighted by Gasteiger charge is 2.18. The molecule has 0 unspecified atom stereocenters. The maximum atomic E-state index is 11.9. The SMILES string of the molecule is CC[C@H](C)[C@H](N)C(=O)NCCc1nnc2ccccn12. The summed E-state index contributed by atoms with van der Waals surface area (Å²) in [6.07, 6.45) is 3.44. The lowest BCUT2D eigenvalue weighted by molar-refractivity contribution is -0.123. The van der Waals surface area contributed by atoms with Gasteiger partial charge in [-0.2, -0.15) is 0 Å². The average molecular weight is 275 g/mol. The van der Waals surface area contributed by atoms with Gasteiger partial charge in [-0.1, -0.05) is 26.3 Å². The zero-order valence-corrected chi connectivity index (χ0v) is 11.9. The van der Waals surface area contributed by atoms with E-state index >= 15 is 0 Å². The molecule has 0 spiro atoms. The summed E-state index contributed by atoms with van der Waals surface area (Å²) in [7, 11) is 0. The van der Waals surface area contributed by atoms with Gasteiger partial charge in [0.25, 0.3) is 0 Å². The number of hydrogen-bond acceptors (Lipinski definition) is 4. The second kappa shape index (κ2) is 6.47. The summed E-state index contributed by atoms with van der Waals surface area (Å²) in [4.78, 5) is 11.9. The lowest BCUT2D eigenvalue weighted by atomic mass is 9.99. The van der Waals surface area contributed by atoms with E-state index in [0.717, 1.165) is 17.9 Å². The van der Waals surface area contributed by atoms with Gasteiger partial charge in [0.15, 0.2) is 5.65 Å². The standard InChI is InChI=1S/C14H21N5O/c1-3-10(2)13(15)14(20)16-8-7-12-18-17-11-6-4-5-9-19(11)12/h4-6,9-10,13H,3,7-8,15H2,1-2H3,(H,16,20)/t10-,13-/m0/s1. The molecule has 0 aromatic carbocycles. The maximum Gasteiger partial charge on any atom is 0.237 e. The highest BCUT2D eigenvalue weighted by atomic mass is 16.2. The second-order valence-electron chi connectivity index (χ2n) is 5.00. The molecule has 0 radical (unpaired) electrons. The van der Waals surface area contributed by atoms with Crippen LogP contribution in [0.1, 0.15) is 26.1 Å². The van der Waals surface area contributed by atoms with E-state index in [1.807, 2.05) is 42.6 Å². The third kappa shape index (κ3) is 3.14. The number of rotatable bonds is 6. The van der Waals surface area contributed by atoms with Crippen molar-refractivity contribution in [1.29, 1.82) is 0 Å². The number of nitrogens with zero attached hydrogens (tertiary/aromatic N) is 3. The molecule has 0 bridgehead atoms. The topological polar surface area (TPSA) is 85.3 Å². The van der Waals surface area contributed by atoms with Gasteiger partial charge in [-0.3, -0.25) is 9.20 Å². The molecule has 0 aliphatic carbocycles. The van der Waals surface area contributed by atoms with Gasteiger partial charge < -0.3 is 11.1 Å². The fourth-order valence-corrected chi connectivity index (χ4v) is 1.99. The van der Waals surface area contributed by atoms with E-state index in [1.165, 1.54) is 0 Å². The van der Waals surface area contributed by atoms with E-state index in [9.17, 15) is 4.79 Å². The van der Waals surface area contributed by atoms with Crippen molar-refractivity contribution >= 4 is 11.6 Å². The molecule has 0 fully saturated rings. The molecule has 2 heterocycles. The number of nitrogens with one attached hydrogen (secondary N) is 1. The highest BCUT2D eigenvalue weighted by molar-refractivity contribution is 5.81. The van der Waals surface area contributed by atoms with Crippen molar-refractivity contribution in [3.05, 3.63) is 30.2 Å². The first kappa shape index (κ1) is 14.5. The molecule has 0 saturated carbocycles. The molecule has 0 aliphatic rings. The van der Waals surface area contributed by atoms with E-state index in [2.05, 4.69) is 15.5 Å². The Labute approximate surface area is 118 Å². The number of amides is 1. The number of hydrogen-bond donors (Lipinski definition) is 2. The Morgan fingerprint density at radius 3 is 3.00 bits per heavy atom. The normalized spacial score (nSPS) is 14.2. The van der Waals surface area contributed by atoms with Crippen molar-refractivity contribution in [3.63, 3.8) is 0 Å².